The van der Waals surface area contributed by atoms with Crippen LogP contribution in [-0.2, 0) is 13.6 Å². The molecule has 0 saturated carbocycles. The zero-order chi connectivity index (χ0) is 17.2. The molecule has 0 aromatic heterocycles. The van der Waals surface area contributed by atoms with E-state index in [9.17, 15) is 4.79 Å². The van der Waals surface area contributed by atoms with E-state index in [0.29, 0.717) is 5.12 Å². The van der Waals surface area contributed by atoms with Gasteiger partial charge in [0.2, 0.25) is 0 Å². The molecule has 0 heterocycles. The van der Waals surface area contributed by atoms with Gasteiger partial charge in [-0.1, -0.05) is 64.6 Å². The van der Waals surface area contributed by atoms with Crippen molar-refractivity contribution in [2.75, 3.05) is 19.0 Å². The Kier molecular flexibility index (Phi) is 18.6. The van der Waals surface area contributed by atoms with Crippen LogP contribution in [0.3, 0.4) is 0 Å². The summed E-state index contributed by atoms with van der Waals surface area (Å²) in [4.78, 5) is 11.8. The van der Waals surface area contributed by atoms with E-state index in [2.05, 4.69) is 20.8 Å². The maximum Gasteiger partial charge on any atom is 0.384 e. The van der Waals surface area contributed by atoms with E-state index in [1.165, 1.54) is 37.4 Å². The molecule has 0 aliphatic rings. The Balaban J connectivity index is 3.54. The topological polar surface area (TPSA) is 35.5 Å². The number of thioether (sulfide) groups is 1. The molecular formula is C18H37O3SSi. The van der Waals surface area contributed by atoms with Crippen molar-refractivity contribution in [2.24, 2.45) is 0 Å². The van der Waals surface area contributed by atoms with Crippen molar-refractivity contribution in [3.8, 4) is 0 Å². The van der Waals surface area contributed by atoms with Gasteiger partial charge in [0.25, 0.3) is 0 Å². The first kappa shape index (κ1) is 23.2. The average molecular weight is 362 g/mol. The van der Waals surface area contributed by atoms with Crippen molar-refractivity contribution in [3.63, 3.8) is 0 Å². The average Bonchev–Trinajstić information content (AvgIpc) is 2.56. The van der Waals surface area contributed by atoms with E-state index in [1.807, 2.05) is 0 Å². The summed E-state index contributed by atoms with van der Waals surface area (Å²) in [7, 11) is -1.09. The molecule has 0 fully saturated rings. The van der Waals surface area contributed by atoms with Crippen LogP contribution >= 0.6 is 11.8 Å². The largest absolute Gasteiger partial charge is 0.393 e. The van der Waals surface area contributed by atoms with E-state index in [4.69, 9.17) is 8.85 Å². The third kappa shape index (κ3) is 16.8. The van der Waals surface area contributed by atoms with Gasteiger partial charge in [0, 0.05) is 25.4 Å². The van der Waals surface area contributed by atoms with Crippen molar-refractivity contribution in [1.82, 2.24) is 0 Å². The normalized spacial score (nSPS) is 11.3. The summed E-state index contributed by atoms with van der Waals surface area (Å²) in [5, 5.41) is 0.372. The molecule has 23 heavy (non-hydrogen) atoms. The number of carbonyl (C=O) groups excluding carboxylic acids is 1. The fourth-order valence-electron chi connectivity index (χ4n) is 2.12. The van der Waals surface area contributed by atoms with Crippen LogP contribution in [0.1, 0.15) is 85.0 Å². The van der Waals surface area contributed by atoms with Crippen LogP contribution in [0.4, 0.5) is 0 Å². The fraction of sp³-hybridized carbons (Fsp3) is 0.944. The monoisotopic (exact) mass is 361 g/mol. The Morgan fingerprint density at radius 1 is 0.826 bits per heavy atom. The van der Waals surface area contributed by atoms with Gasteiger partial charge in [-0.2, -0.15) is 0 Å². The van der Waals surface area contributed by atoms with Gasteiger partial charge < -0.3 is 8.85 Å². The molecule has 3 nitrogen and oxygen atoms in total. The van der Waals surface area contributed by atoms with Crippen molar-refractivity contribution in [3.05, 3.63) is 0 Å². The Morgan fingerprint density at radius 3 is 2.09 bits per heavy atom. The van der Waals surface area contributed by atoms with Crippen LogP contribution in [-0.4, -0.2) is 33.4 Å². The molecule has 0 amide bonds. The molecule has 0 aliphatic carbocycles. The van der Waals surface area contributed by atoms with E-state index in [0.717, 1.165) is 63.5 Å². The van der Waals surface area contributed by atoms with Crippen LogP contribution in [0.15, 0.2) is 0 Å². The molecule has 137 valence electrons. The number of hydrogen-bond acceptors (Lipinski definition) is 4. The minimum Gasteiger partial charge on any atom is -0.393 e. The maximum absolute atomic E-state index is 11.8. The molecular weight excluding hydrogens is 324 g/mol. The summed E-state index contributed by atoms with van der Waals surface area (Å²) in [6.07, 6.45) is 11.1. The lowest BCUT2D eigenvalue weighted by Crippen LogP contribution is -2.23. The highest BCUT2D eigenvalue weighted by atomic mass is 32.2. The standard InChI is InChI=1S/C18H37O3SSi/c1-4-7-8-9-10-13-18(19)22-16-11-12-17-23(20-14-5-2)21-15-6-3/h4-17H2,1-3H3. The molecule has 0 aromatic rings. The predicted octanol–water partition coefficient (Wildman–Crippen LogP) is 5.73. The molecule has 0 bridgehead atoms. The summed E-state index contributed by atoms with van der Waals surface area (Å²) in [5.41, 5.74) is 0. The van der Waals surface area contributed by atoms with Gasteiger partial charge in [0.1, 0.15) is 0 Å². The van der Waals surface area contributed by atoms with Gasteiger partial charge in [0.15, 0.2) is 5.12 Å². The maximum atomic E-state index is 11.8. The summed E-state index contributed by atoms with van der Waals surface area (Å²) in [5.74, 6) is 0.949. The third-order valence-electron chi connectivity index (χ3n) is 3.46. The van der Waals surface area contributed by atoms with Crippen LogP contribution in [0, 0.1) is 0 Å². The smallest absolute Gasteiger partial charge is 0.384 e. The van der Waals surface area contributed by atoms with E-state index < -0.39 is 9.28 Å². The van der Waals surface area contributed by atoms with Crippen molar-refractivity contribution in [2.45, 2.75) is 91.0 Å². The molecule has 0 unspecified atom stereocenters. The van der Waals surface area contributed by atoms with Crippen molar-refractivity contribution in [1.29, 1.82) is 0 Å². The molecule has 0 spiro atoms. The first-order valence-corrected chi connectivity index (χ1v) is 12.0. The minimum absolute atomic E-state index is 0.372. The Labute approximate surface area is 150 Å². The van der Waals surface area contributed by atoms with E-state index >= 15 is 0 Å². The second kappa shape index (κ2) is 18.5. The van der Waals surface area contributed by atoms with Gasteiger partial charge in [-0.3, -0.25) is 4.79 Å². The zero-order valence-corrected chi connectivity index (χ0v) is 17.3. The van der Waals surface area contributed by atoms with Crippen LogP contribution in [0.25, 0.3) is 0 Å². The third-order valence-corrected chi connectivity index (χ3v) is 6.29. The number of hydrogen-bond donors (Lipinski definition) is 0. The second-order valence-corrected chi connectivity index (χ2v) is 8.88. The number of unbranched alkanes of at least 4 members (excludes halogenated alkanes) is 5. The molecule has 0 rings (SSSR count). The fourth-order valence-corrected chi connectivity index (χ4v) is 4.76. The van der Waals surface area contributed by atoms with E-state index in [1.54, 1.807) is 0 Å². The van der Waals surface area contributed by atoms with Gasteiger partial charge in [0.05, 0.1) is 0 Å². The van der Waals surface area contributed by atoms with Crippen LogP contribution in [0.5, 0.6) is 0 Å². The van der Waals surface area contributed by atoms with Crippen molar-refractivity contribution >= 4 is 26.2 Å². The Hall–Kier alpha value is 0.157. The molecule has 0 aromatic carbocycles. The molecule has 5 heteroatoms. The van der Waals surface area contributed by atoms with Crippen molar-refractivity contribution < 1.29 is 13.6 Å². The lowest BCUT2D eigenvalue weighted by atomic mass is 10.1. The summed E-state index contributed by atoms with van der Waals surface area (Å²) in [6.45, 7) is 8.09. The van der Waals surface area contributed by atoms with Gasteiger partial charge >= 0.3 is 9.28 Å². The van der Waals surface area contributed by atoms with Gasteiger partial charge in [-0.05, 0) is 31.7 Å². The second-order valence-electron chi connectivity index (χ2n) is 5.91. The molecule has 0 N–H and O–H groups in total. The van der Waals surface area contributed by atoms with E-state index in [-0.39, 0.29) is 0 Å². The molecule has 0 saturated heterocycles. The quantitative estimate of drug-likeness (QED) is 0.245. The SMILES string of the molecule is CCCCCCCC(=O)SCCCC[Si](OCCC)OCCC. The lowest BCUT2D eigenvalue weighted by Gasteiger charge is -2.14. The van der Waals surface area contributed by atoms with Gasteiger partial charge in [-0.15, -0.1) is 0 Å². The van der Waals surface area contributed by atoms with Gasteiger partial charge in [-0.25, -0.2) is 0 Å². The Morgan fingerprint density at radius 2 is 1.48 bits per heavy atom. The number of rotatable bonds is 17. The van der Waals surface area contributed by atoms with Crippen LogP contribution < -0.4 is 0 Å². The Bertz CT molecular complexity index is 257. The molecule has 0 aliphatic heterocycles. The summed E-state index contributed by atoms with van der Waals surface area (Å²) < 4.78 is 11.6. The highest BCUT2D eigenvalue weighted by Gasteiger charge is 2.14. The highest BCUT2D eigenvalue weighted by molar-refractivity contribution is 8.13. The summed E-state index contributed by atoms with van der Waals surface area (Å²) >= 11 is 1.52. The molecule has 1 radical (unpaired) electrons. The number of carbonyl (C=O) groups is 1. The first-order chi connectivity index (χ1) is 11.2. The zero-order valence-electron chi connectivity index (χ0n) is 15.5. The lowest BCUT2D eigenvalue weighted by molar-refractivity contribution is -0.111. The minimum atomic E-state index is -1.09. The summed E-state index contributed by atoms with van der Waals surface area (Å²) in [6, 6.07) is 1.04. The molecule has 0 atom stereocenters. The predicted molar refractivity (Wildman–Crippen MR) is 103 cm³/mol. The van der Waals surface area contributed by atoms with Crippen LogP contribution in [0.2, 0.25) is 6.04 Å². The highest BCUT2D eigenvalue weighted by Crippen LogP contribution is 2.15. The first-order valence-electron chi connectivity index (χ1n) is 9.51.